The number of fused-ring (bicyclic) bond motifs is 2. The summed E-state index contributed by atoms with van der Waals surface area (Å²) in [4.78, 5) is 21.2. The van der Waals surface area contributed by atoms with Crippen LogP contribution in [0.1, 0.15) is 13.8 Å². The lowest BCUT2D eigenvalue weighted by Gasteiger charge is -2.22. The first-order valence-electron chi connectivity index (χ1n) is 12.2. The van der Waals surface area contributed by atoms with Crippen molar-refractivity contribution in [3.05, 3.63) is 71.5 Å². The lowest BCUT2D eigenvalue weighted by atomic mass is 10.1. The van der Waals surface area contributed by atoms with Crippen molar-refractivity contribution in [2.24, 2.45) is 0 Å². The topological polar surface area (TPSA) is 124 Å². The molecule has 3 heterocycles. The van der Waals surface area contributed by atoms with Crippen LogP contribution in [0.4, 0.5) is 11.5 Å². The van der Waals surface area contributed by atoms with Gasteiger partial charge in [0, 0.05) is 35.1 Å². The Balaban J connectivity index is 1.30. The molecule has 5 rings (SSSR count). The highest BCUT2D eigenvalue weighted by atomic mass is 35.5. The van der Waals surface area contributed by atoms with Crippen LogP contribution >= 0.6 is 22.9 Å². The summed E-state index contributed by atoms with van der Waals surface area (Å²) in [6, 6.07) is 15.2. The highest BCUT2D eigenvalue weighted by molar-refractivity contribution is 7.86. The smallest absolute Gasteiger partial charge is 0.265 e. The minimum absolute atomic E-state index is 0.224. The van der Waals surface area contributed by atoms with Gasteiger partial charge in [-0.1, -0.05) is 17.7 Å². The summed E-state index contributed by atoms with van der Waals surface area (Å²) in [5.41, 5.74) is 0.600. The number of thiophene rings is 1. The summed E-state index contributed by atoms with van der Waals surface area (Å²) in [6.45, 7) is 3.40. The van der Waals surface area contributed by atoms with E-state index in [4.69, 9.17) is 20.5 Å². The number of nitrogens with zero attached hydrogens (tertiary/aromatic N) is 3. The molecule has 0 atom stereocenters. The van der Waals surface area contributed by atoms with E-state index in [1.165, 1.54) is 20.2 Å². The molecule has 1 amide bonds. The van der Waals surface area contributed by atoms with Crippen molar-refractivity contribution in [3.63, 3.8) is 0 Å². The fourth-order valence-corrected chi connectivity index (χ4v) is 6.06. The number of carbonyl (C=O) groups excluding carboxylic acids is 1. The van der Waals surface area contributed by atoms with Crippen LogP contribution in [-0.4, -0.2) is 47.3 Å². The number of anilines is 2. The summed E-state index contributed by atoms with van der Waals surface area (Å²) < 4.78 is 37.0. The third-order valence-corrected chi connectivity index (χ3v) is 7.86. The molecule has 5 aromatic rings. The minimum Gasteiger partial charge on any atom is -0.455 e. The van der Waals surface area contributed by atoms with E-state index in [0.29, 0.717) is 34.3 Å². The minimum atomic E-state index is -3.80. The largest absolute Gasteiger partial charge is 0.455 e. The van der Waals surface area contributed by atoms with Crippen molar-refractivity contribution in [3.8, 4) is 11.5 Å². The van der Waals surface area contributed by atoms with Gasteiger partial charge in [-0.25, -0.2) is 9.97 Å². The quantitative estimate of drug-likeness (QED) is 0.196. The molecule has 0 bridgehead atoms. The average molecular weight is 600 g/mol. The maximum Gasteiger partial charge on any atom is 0.265 e. The number of halogens is 1. The number of rotatable bonds is 10. The second kappa shape index (κ2) is 11.0. The molecule has 0 unspecified atom stereocenters. The highest BCUT2D eigenvalue weighted by Crippen LogP contribution is 2.37. The van der Waals surface area contributed by atoms with Crippen LogP contribution in [0.5, 0.6) is 11.5 Å². The van der Waals surface area contributed by atoms with Gasteiger partial charge in [-0.15, -0.1) is 11.3 Å². The van der Waals surface area contributed by atoms with Crippen LogP contribution in [0.2, 0.25) is 5.02 Å². The first-order valence-corrected chi connectivity index (χ1v) is 15.3. The molecule has 2 aromatic carbocycles. The van der Waals surface area contributed by atoms with Crippen LogP contribution in [0.3, 0.4) is 0 Å². The van der Waals surface area contributed by atoms with Gasteiger partial charge in [-0.3, -0.25) is 8.98 Å². The number of amides is 1. The van der Waals surface area contributed by atoms with Gasteiger partial charge in [0.25, 0.3) is 16.0 Å². The zero-order valence-corrected chi connectivity index (χ0v) is 24.2. The third-order valence-electron chi connectivity index (χ3n) is 5.97. The van der Waals surface area contributed by atoms with Gasteiger partial charge in [0.15, 0.2) is 11.4 Å². The van der Waals surface area contributed by atoms with Crippen molar-refractivity contribution in [1.82, 2.24) is 19.9 Å². The van der Waals surface area contributed by atoms with Gasteiger partial charge in [-0.2, -0.15) is 8.42 Å². The molecular weight excluding hydrogens is 574 g/mol. The average Bonchev–Trinajstić information content (AvgIpc) is 3.52. The van der Waals surface area contributed by atoms with E-state index in [1.807, 2.05) is 52.5 Å². The fourth-order valence-electron chi connectivity index (χ4n) is 4.20. The number of aromatic nitrogens is 3. The predicted octanol–water partition coefficient (Wildman–Crippen LogP) is 5.71. The lowest BCUT2D eigenvalue weighted by Crippen LogP contribution is -2.46. The summed E-state index contributed by atoms with van der Waals surface area (Å²) in [5.74, 6) is 1.27. The van der Waals surface area contributed by atoms with E-state index in [-0.39, 0.29) is 6.54 Å². The Morgan fingerprint density at radius 1 is 1.12 bits per heavy atom. The van der Waals surface area contributed by atoms with Crippen molar-refractivity contribution in [1.29, 1.82) is 0 Å². The molecule has 0 fully saturated rings. The number of carbonyl (C=O) groups is 1. The molecular formula is C27H26ClN5O5S2. The van der Waals surface area contributed by atoms with Crippen molar-refractivity contribution < 1.29 is 22.1 Å². The standard InChI is InChI=1S/C27H26ClN5O5S2/c1-27(2,38-40(3,35)36)26(34)29-11-13-33-12-9-20-24(33)25(31-16-30-20)32-17-7-8-22(19(28)15-17)37-21-5-4-6-23-18(21)10-14-39-23/h4-10,12,14-16H,11,13H2,1-3H3,(H,29,34)(H,30,31,32). The monoisotopic (exact) mass is 599 g/mol. The van der Waals surface area contributed by atoms with E-state index in [9.17, 15) is 13.2 Å². The highest BCUT2D eigenvalue weighted by Gasteiger charge is 2.32. The Morgan fingerprint density at radius 2 is 1.95 bits per heavy atom. The van der Waals surface area contributed by atoms with E-state index >= 15 is 0 Å². The van der Waals surface area contributed by atoms with Crippen molar-refractivity contribution in [2.75, 3.05) is 18.1 Å². The van der Waals surface area contributed by atoms with Crippen LogP contribution in [0.25, 0.3) is 21.1 Å². The van der Waals surface area contributed by atoms with E-state index in [0.717, 1.165) is 27.6 Å². The SMILES string of the molecule is CC(C)(OS(C)(=O)=O)C(=O)NCCn1ccc2ncnc(Nc3ccc(Oc4cccc5sccc45)c(Cl)c3)c21. The molecule has 0 aliphatic carbocycles. The van der Waals surface area contributed by atoms with Crippen LogP contribution in [0.15, 0.2) is 66.4 Å². The molecule has 3 aromatic heterocycles. The van der Waals surface area contributed by atoms with Gasteiger partial charge >= 0.3 is 0 Å². The van der Waals surface area contributed by atoms with Gasteiger partial charge in [0.1, 0.15) is 23.3 Å². The Morgan fingerprint density at radius 3 is 2.73 bits per heavy atom. The van der Waals surface area contributed by atoms with Crippen LogP contribution < -0.4 is 15.4 Å². The van der Waals surface area contributed by atoms with Crippen molar-refractivity contribution in [2.45, 2.75) is 26.0 Å². The maximum absolute atomic E-state index is 12.5. The summed E-state index contributed by atoms with van der Waals surface area (Å²) in [5, 5.41) is 9.49. The third kappa shape index (κ3) is 6.20. The zero-order valence-electron chi connectivity index (χ0n) is 21.8. The second-order valence-corrected chi connectivity index (χ2v) is 12.4. The molecule has 208 valence electrons. The van der Waals surface area contributed by atoms with Gasteiger partial charge in [0.2, 0.25) is 0 Å². The van der Waals surface area contributed by atoms with Gasteiger partial charge < -0.3 is 19.9 Å². The number of hydrogen-bond acceptors (Lipinski definition) is 9. The predicted molar refractivity (Wildman–Crippen MR) is 157 cm³/mol. The number of benzene rings is 2. The first kappa shape index (κ1) is 27.8. The maximum atomic E-state index is 12.5. The second-order valence-electron chi connectivity index (χ2n) is 9.48. The Labute approximate surface area is 240 Å². The Hall–Kier alpha value is -3.71. The molecule has 10 nitrogen and oxygen atoms in total. The van der Waals surface area contributed by atoms with Gasteiger partial charge in [0.05, 0.1) is 16.8 Å². The normalized spacial score (nSPS) is 12.1. The number of ether oxygens (including phenoxy) is 1. The van der Waals surface area contributed by atoms with Crippen LogP contribution in [-0.2, 0) is 25.6 Å². The Kier molecular flexibility index (Phi) is 7.69. The van der Waals surface area contributed by atoms with E-state index in [1.54, 1.807) is 23.5 Å². The molecule has 40 heavy (non-hydrogen) atoms. The zero-order chi connectivity index (χ0) is 28.5. The lowest BCUT2D eigenvalue weighted by molar-refractivity contribution is -0.133. The summed E-state index contributed by atoms with van der Waals surface area (Å²) in [7, 11) is -3.80. The van der Waals surface area contributed by atoms with Gasteiger partial charge in [-0.05, 0) is 61.7 Å². The Bertz CT molecular complexity index is 1820. The van der Waals surface area contributed by atoms with Crippen molar-refractivity contribution >= 4 is 71.6 Å². The van der Waals surface area contributed by atoms with E-state index < -0.39 is 21.6 Å². The molecule has 2 N–H and O–H groups in total. The van der Waals surface area contributed by atoms with E-state index in [2.05, 4.69) is 20.6 Å². The van der Waals surface area contributed by atoms with Crippen LogP contribution in [0, 0.1) is 0 Å². The molecule has 0 aliphatic heterocycles. The molecule has 13 heteroatoms. The number of nitrogens with one attached hydrogen (secondary N) is 2. The molecule has 0 saturated carbocycles. The number of hydrogen-bond donors (Lipinski definition) is 2. The summed E-state index contributed by atoms with van der Waals surface area (Å²) in [6.07, 6.45) is 4.20. The summed E-state index contributed by atoms with van der Waals surface area (Å²) >= 11 is 8.23. The fraction of sp³-hybridized carbons (Fsp3) is 0.222. The molecule has 0 aliphatic rings. The molecule has 0 saturated heterocycles. The first-order chi connectivity index (χ1) is 19.0. The molecule has 0 radical (unpaired) electrons. The molecule has 0 spiro atoms.